The molecule has 18 heavy (non-hydrogen) atoms. The van der Waals surface area contributed by atoms with Crippen molar-refractivity contribution in [2.45, 2.75) is 30.7 Å². The predicted octanol–water partition coefficient (Wildman–Crippen LogP) is 0.0635. The van der Waals surface area contributed by atoms with Crippen molar-refractivity contribution in [2.24, 2.45) is 0 Å². The largest absolute Gasteiger partial charge is 0.480 e. The highest BCUT2D eigenvalue weighted by atomic mass is 32.2. The monoisotopic (exact) mass is 274 g/mol. The summed E-state index contributed by atoms with van der Waals surface area (Å²) in [5.74, 6) is -0.166. The summed E-state index contributed by atoms with van der Waals surface area (Å²) in [6.45, 7) is 3.46. The molecule has 2 amide bonds. The molecule has 2 aliphatic heterocycles. The van der Waals surface area contributed by atoms with Gasteiger partial charge < -0.3 is 20.0 Å². The van der Waals surface area contributed by atoms with Gasteiger partial charge in [-0.25, -0.2) is 9.59 Å². The number of amides is 2. The van der Waals surface area contributed by atoms with Gasteiger partial charge in [-0.15, -0.1) is 0 Å². The zero-order chi connectivity index (χ0) is 13.3. The van der Waals surface area contributed by atoms with Gasteiger partial charge in [0.2, 0.25) is 0 Å². The third-order valence-electron chi connectivity index (χ3n) is 3.32. The quantitative estimate of drug-likeness (QED) is 0.707. The first-order chi connectivity index (χ1) is 8.49. The van der Waals surface area contributed by atoms with Crippen LogP contribution in [0.4, 0.5) is 4.79 Å². The highest BCUT2D eigenvalue weighted by Crippen LogP contribution is 2.23. The number of β-amino-alcohol motifs (C(OH)–C–C–N with tert-alkyl or cyclic N) is 1. The van der Waals surface area contributed by atoms with Crippen molar-refractivity contribution in [1.29, 1.82) is 0 Å². The van der Waals surface area contributed by atoms with E-state index >= 15 is 0 Å². The Morgan fingerprint density at radius 1 is 1.33 bits per heavy atom. The summed E-state index contributed by atoms with van der Waals surface area (Å²) in [5, 5.41) is 19.0. The van der Waals surface area contributed by atoms with Gasteiger partial charge >= 0.3 is 12.0 Å². The molecule has 6 nitrogen and oxygen atoms in total. The first-order valence-electron chi connectivity index (χ1n) is 6.07. The van der Waals surface area contributed by atoms with Gasteiger partial charge in [0.1, 0.15) is 6.04 Å². The number of thioether (sulfide) groups is 1. The minimum absolute atomic E-state index is 0.119. The standard InChI is InChI=1S/C11H18N2O4S/c1-7-5-12(2-3-18-7)11(17)13-6-8(14)4-9(13)10(15)16/h7-9,14H,2-6H2,1H3,(H,15,16)/t7?,8?,9-/m0/s1. The number of carbonyl (C=O) groups is 2. The fourth-order valence-electron chi connectivity index (χ4n) is 2.43. The molecule has 2 saturated heterocycles. The van der Waals surface area contributed by atoms with Crippen molar-refractivity contribution in [3.8, 4) is 0 Å². The Morgan fingerprint density at radius 2 is 2.06 bits per heavy atom. The summed E-state index contributed by atoms with van der Waals surface area (Å²) in [7, 11) is 0. The van der Waals surface area contributed by atoms with Crippen molar-refractivity contribution in [3.05, 3.63) is 0 Å². The number of likely N-dealkylation sites (tertiary alicyclic amines) is 1. The van der Waals surface area contributed by atoms with E-state index in [-0.39, 0.29) is 19.0 Å². The molecule has 0 bridgehead atoms. The Kier molecular flexibility index (Phi) is 4.01. The molecule has 0 aromatic heterocycles. The Hall–Kier alpha value is -0.950. The van der Waals surface area contributed by atoms with E-state index in [0.29, 0.717) is 18.3 Å². The number of aliphatic hydroxyl groups excluding tert-OH is 1. The maximum Gasteiger partial charge on any atom is 0.326 e. The van der Waals surface area contributed by atoms with Gasteiger partial charge in [-0.1, -0.05) is 6.92 Å². The molecule has 2 heterocycles. The number of carboxylic acids is 1. The van der Waals surface area contributed by atoms with Crippen LogP contribution in [-0.4, -0.2) is 74.8 Å². The van der Waals surface area contributed by atoms with Crippen LogP contribution in [0.5, 0.6) is 0 Å². The van der Waals surface area contributed by atoms with Crippen molar-refractivity contribution in [1.82, 2.24) is 9.80 Å². The minimum atomic E-state index is -1.04. The van der Waals surface area contributed by atoms with E-state index < -0.39 is 18.1 Å². The van der Waals surface area contributed by atoms with Gasteiger partial charge in [0.15, 0.2) is 0 Å². The number of carboxylic acid groups (broad SMARTS) is 1. The van der Waals surface area contributed by atoms with Gasteiger partial charge in [0.25, 0.3) is 0 Å². The second kappa shape index (κ2) is 5.36. The van der Waals surface area contributed by atoms with Crippen molar-refractivity contribution in [3.63, 3.8) is 0 Å². The van der Waals surface area contributed by atoms with Crippen LogP contribution in [0.3, 0.4) is 0 Å². The third-order valence-corrected chi connectivity index (χ3v) is 4.46. The number of aliphatic hydroxyl groups is 1. The van der Waals surface area contributed by atoms with Gasteiger partial charge in [-0.2, -0.15) is 11.8 Å². The molecule has 7 heteroatoms. The molecule has 0 aromatic carbocycles. The van der Waals surface area contributed by atoms with Crippen LogP contribution in [0.1, 0.15) is 13.3 Å². The zero-order valence-electron chi connectivity index (χ0n) is 10.3. The molecule has 0 saturated carbocycles. The number of aliphatic carboxylic acids is 1. The molecule has 102 valence electrons. The zero-order valence-corrected chi connectivity index (χ0v) is 11.1. The number of rotatable bonds is 1. The lowest BCUT2D eigenvalue weighted by atomic mass is 10.2. The van der Waals surface area contributed by atoms with Crippen LogP contribution in [0.2, 0.25) is 0 Å². The number of nitrogens with zero attached hydrogens (tertiary/aromatic N) is 2. The summed E-state index contributed by atoms with van der Waals surface area (Å²) in [4.78, 5) is 26.3. The molecule has 2 unspecified atom stereocenters. The molecule has 2 rings (SSSR count). The molecule has 0 aliphatic carbocycles. The minimum Gasteiger partial charge on any atom is -0.480 e. The molecule has 0 aromatic rings. The van der Waals surface area contributed by atoms with Gasteiger partial charge in [0.05, 0.1) is 6.10 Å². The van der Waals surface area contributed by atoms with Gasteiger partial charge in [0, 0.05) is 37.1 Å². The van der Waals surface area contributed by atoms with Gasteiger partial charge in [-0.05, 0) is 0 Å². The fraction of sp³-hybridized carbons (Fsp3) is 0.818. The highest BCUT2D eigenvalue weighted by Gasteiger charge is 2.41. The van der Waals surface area contributed by atoms with Crippen molar-refractivity contribution < 1.29 is 19.8 Å². The van der Waals surface area contributed by atoms with Crippen molar-refractivity contribution in [2.75, 3.05) is 25.4 Å². The Bertz CT molecular complexity index is 352. The Labute approximate surface area is 110 Å². The van der Waals surface area contributed by atoms with Crippen molar-refractivity contribution >= 4 is 23.8 Å². The van der Waals surface area contributed by atoms with E-state index in [1.165, 1.54) is 4.90 Å². The molecular formula is C11H18N2O4S. The smallest absolute Gasteiger partial charge is 0.326 e. The highest BCUT2D eigenvalue weighted by molar-refractivity contribution is 7.99. The number of hydrogen-bond donors (Lipinski definition) is 2. The van der Waals surface area contributed by atoms with E-state index in [0.717, 1.165) is 5.75 Å². The Balaban J connectivity index is 2.05. The topological polar surface area (TPSA) is 81.1 Å². The van der Waals surface area contributed by atoms with E-state index in [1.54, 1.807) is 4.90 Å². The van der Waals surface area contributed by atoms with Crippen LogP contribution >= 0.6 is 11.8 Å². The van der Waals surface area contributed by atoms with E-state index in [9.17, 15) is 14.7 Å². The van der Waals surface area contributed by atoms with Gasteiger partial charge in [-0.3, -0.25) is 0 Å². The van der Waals surface area contributed by atoms with Crippen LogP contribution in [0.25, 0.3) is 0 Å². The van der Waals surface area contributed by atoms with E-state index in [4.69, 9.17) is 5.11 Å². The summed E-state index contributed by atoms with van der Waals surface area (Å²) in [6.07, 6.45) is -0.606. The summed E-state index contributed by atoms with van der Waals surface area (Å²) >= 11 is 1.81. The lowest BCUT2D eigenvalue weighted by Gasteiger charge is -2.34. The average molecular weight is 274 g/mol. The summed E-state index contributed by atoms with van der Waals surface area (Å²) < 4.78 is 0. The fourth-order valence-corrected chi connectivity index (χ4v) is 3.45. The molecule has 3 atom stereocenters. The number of urea groups is 1. The molecule has 2 aliphatic rings. The molecule has 2 fully saturated rings. The first kappa shape index (κ1) is 13.5. The molecular weight excluding hydrogens is 256 g/mol. The SMILES string of the molecule is CC1CN(C(=O)N2CC(O)C[C@H]2C(=O)O)CCS1. The molecule has 0 radical (unpaired) electrons. The predicted molar refractivity (Wildman–Crippen MR) is 67.6 cm³/mol. The normalized spacial score (nSPS) is 32.7. The van der Waals surface area contributed by atoms with E-state index in [2.05, 4.69) is 6.92 Å². The summed E-state index contributed by atoms with van der Waals surface area (Å²) in [5.41, 5.74) is 0. The lowest BCUT2D eigenvalue weighted by Crippen LogP contribution is -2.51. The first-order valence-corrected chi connectivity index (χ1v) is 7.12. The Morgan fingerprint density at radius 3 is 2.67 bits per heavy atom. The van der Waals surface area contributed by atoms with Crippen LogP contribution in [0, 0.1) is 0 Å². The number of hydrogen-bond acceptors (Lipinski definition) is 4. The van der Waals surface area contributed by atoms with Crippen LogP contribution < -0.4 is 0 Å². The summed E-state index contributed by atoms with van der Waals surface area (Å²) in [6, 6.07) is -1.15. The second-order valence-corrected chi connectivity index (χ2v) is 6.35. The maximum atomic E-state index is 12.3. The average Bonchev–Trinajstić information content (AvgIpc) is 2.70. The third kappa shape index (κ3) is 2.72. The van der Waals surface area contributed by atoms with E-state index in [1.807, 2.05) is 11.8 Å². The van der Waals surface area contributed by atoms with Crippen LogP contribution in [0.15, 0.2) is 0 Å². The van der Waals surface area contributed by atoms with Crippen LogP contribution in [-0.2, 0) is 4.79 Å². The molecule has 0 spiro atoms. The maximum absolute atomic E-state index is 12.3. The number of carbonyl (C=O) groups excluding carboxylic acids is 1. The molecule has 2 N–H and O–H groups in total. The second-order valence-electron chi connectivity index (χ2n) is 4.81. The lowest BCUT2D eigenvalue weighted by molar-refractivity contribution is -0.141.